The van der Waals surface area contributed by atoms with Crippen LogP contribution >= 0.6 is 23.2 Å². The van der Waals surface area contributed by atoms with Crippen molar-refractivity contribution in [1.29, 1.82) is 0 Å². The van der Waals surface area contributed by atoms with Crippen LogP contribution in [0.25, 0.3) is 10.8 Å². The average molecular weight is 566 g/mol. The number of nitrogens with zero attached hydrogens (tertiary/aromatic N) is 4. The number of carbonyl (C=O) groups is 1. The Bertz CT molecular complexity index is 1480. The summed E-state index contributed by atoms with van der Waals surface area (Å²) in [5.41, 5.74) is 2.57. The molecule has 0 atom stereocenters. The highest BCUT2D eigenvalue weighted by atomic mass is 35.5. The lowest BCUT2D eigenvalue weighted by atomic mass is 10.0. The minimum atomic E-state index is -0.125. The molecule has 0 saturated carbocycles. The Kier molecular flexibility index (Phi) is 8.35. The van der Waals surface area contributed by atoms with E-state index in [0.29, 0.717) is 59.8 Å². The summed E-state index contributed by atoms with van der Waals surface area (Å²) in [5, 5.41) is 15.1. The molecule has 1 N–H and O–H groups in total. The van der Waals surface area contributed by atoms with E-state index in [1.807, 2.05) is 30.3 Å². The van der Waals surface area contributed by atoms with E-state index in [9.17, 15) is 4.79 Å². The number of halogens is 2. The second-order valence-electron chi connectivity index (χ2n) is 9.32. The average Bonchev–Trinajstić information content (AvgIpc) is 2.95. The SMILES string of the molecule is COc1cc2c(Cc3ccccc3)nnc(N3CCN(CC(=O)Nc4ccc(Cl)cc4Cl)CC3)c2cc1OC. The number of methoxy groups -OCH3 is 2. The van der Waals surface area contributed by atoms with Crippen molar-refractivity contribution in [1.82, 2.24) is 15.1 Å². The zero-order valence-corrected chi connectivity index (χ0v) is 23.3. The van der Waals surface area contributed by atoms with Crippen molar-refractivity contribution in [3.05, 3.63) is 82.0 Å². The van der Waals surface area contributed by atoms with Crippen LogP contribution in [0.15, 0.2) is 60.7 Å². The van der Waals surface area contributed by atoms with Crippen LogP contribution in [0.5, 0.6) is 11.5 Å². The first-order chi connectivity index (χ1) is 18.9. The Morgan fingerprint density at radius 3 is 2.26 bits per heavy atom. The topological polar surface area (TPSA) is 79.8 Å². The molecule has 202 valence electrons. The maximum absolute atomic E-state index is 12.7. The third-order valence-electron chi connectivity index (χ3n) is 6.80. The van der Waals surface area contributed by atoms with Crippen LogP contribution in [0.1, 0.15) is 11.3 Å². The molecule has 0 spiro atoms. The predicted molar refractivity (Wildman–Crippen MR) is 156 cm³/mol. The van der Waals surface area contributed by atoms with Gasteiger partial charge in [-0.25, -0.2) is 0 Å². The number of ether oxygens (including phenoxy) is 2. The van der Waals surface area contributed by atoms with Gasteiger partial charge in [-0.2, -0.15) is 5.10 Å². The van der Waals surface area contributed by atoms with E-state index in [1.54, 1.807) is 32.4 Å². The van der Waals surface area contributed by atoms with Crippen molar-refractivity contribution in [2.45, 2.75) is 6.42 Å². The van der Waals surface area contributed by atoms with Gasteiger partial charge in [0, 0.05) is 48.4 Å². The molecule has 0 radical (unpaired) electrons. The Hall–Kier alpha value is -3.59. The van der Waals surface area contributed by atoms with E-state index in [-0.39, 0.29) is 12.5 Å². The first-order valence-electron chi connectivity index (χ1n) is 12.6. The Balaban J connectivity index is 1.33. The minimum Gasteiger partial charge on any atom is -0.493 e. The summed E-state index contributed by atoms with van der Waals surface area (Å²) in [5.74, 6) is 1.95. The van der Waals surface area contributed by atoms with Gasteiger partial charge in [-0.1, -0.05) is 53.5 Å². The minimum absolute atomic E-state index is 0.125. The van der Waals surface area contributed by atoms with Crippen molar-refractivity contribution < 1.29 is 14.3 Å². The van der Waals surface area contributed by atoms with Crippen LogP contribution in [0.4, 0.5) is 11.5 Å². The Labute approximate surface area is 237 Å². The summed E-state index contributed by atoms with van der Waals surface area (Å²) in [6.07, 6.45) is 0.653. The second-order valence-corrected chi connectivity index (χ2v) is 10.2. The molecule has 4 aromatic rings. The van der Waals surface area contributed by atoms with Gasteiger partial charge in [0.2, 0.25) is 5.91 Å². The third-order valence-corrected chi connectivity index (χ3v) is 7.35. The molecule has 0 aliphatic carbocycles. The fourth-order valence-electron chi connectivity index (χ4n) is 4.77. The number of carbonyl (C=O) groups excluding carboxylic acids is 1. The van der Waals surface area contributed by atoms with Crippen molar-refractivity contribution in [2.75, 3.05) is 57.2 Å². The second kappa shape index (κ2) is 12.1. The van der Waals surface area contributed by atoms with Gasteiger partial charge in [-0.15, -0.1) is 5.10 Å². The van der Waals surface area contributed by atoms with Gasteiger partial charge >= 0.3 is 0 Å². The molecule has 8 nitrogen and oxygen atoms in total. The van der Waals surface area contributed by atoms with Gasteiger partial charge in [0.15, 0.2) is 17.3 Å². The van der Waals surface area contributed by atoms with Crippen LogP contribution in [0.3, 0.4) is 0 Å². The number of fused-ring (bicyclic) bond motifs is 1. The molecule has 5 rings (SSSR count). The fraction of sp³-hybridized carbons (Fsp3) is 0.276. The summed E-state index contributed by atoms with van der Waals surface area (Å²) < 4.78 is 11.2. The van der Waals surface area contributed by atoms with Gasteiger partial charge in [0.05, 0.1) is 37.2 Å². The summed E-state index contributed by atoms with van der Waals surface area (Å²) >= 11 is 12.2. The third kappa shape index (κ3) is 6.19. The van der Waals surface area contributed by atoms with E-state index in [1.165, 1.54) is 0 Å². The molecule has 0 bridgehead atoms. The summed E-state index contributed by atoms with van der Waals surface area (Å²) in [6, 6.07) is 19.2. The van der Waals surface area contributed by atoms with Gasteiger partial charge in [-0.05, 0) is 35.9 Å². The van der Waals surface area contributed by atoms with Gasteiger partial charge < -0.3 is 19.7 Å². The van der Waals surface area contributed by atoms with Crippen LogP contribution < -0.4 is 19.7 Å². The summed E-state index contributed by atoms with van der Waals surface area (Å²) in [6.45, 7) is 3.06. The monoisotopic (exact) mass is 565 g/mol. The zero-order chi connectivity index (χ0) is 27.4. The van der Waals surface area contributed by atoms with Crippen LogP contribution in [0, 0.1) is 0 Å². The number of rotatable bonds is 8. The quantitative estimate of drug-likeness (QED) is 0.310. The number of piperazine rings is 1. The molecule has 1 aromatic heterocycles. The number of hydrogen-bond donors (Lipinski definition) is 1. The van der Waals surface area contributed by atoms with E-state index in [0.717, 1.165) is 27.8 Å². The normalized spacial score (nSPS) is 13.9. The lowest BCUT2D eigenvalue weighted by Gasteiger charge is -2.35. The van der Waals surface area contributed by atoms with Crippen molar-refractivity contribution in [3.63, 3.8) is 0 Å². The van der Waals surface area contributed by atoms with Gasteiger partial charge in [-0.3, -0.25) is 9.69 Å². The highest BCUT2D eigenvalue weighted by molar-refractivity contribution is 6.36. The molecule has 3 aromatic carbocycles. The molecule has 2 heterocycles. The first-order valence-corrected chi connectivity index (χ1v) is 13.4. The molecule has 1 aliphatic rings. The molecule has 1 fully saturated rings. The molecular weight excluding hydrogens is 537 g/mol. The number of nitrogens with one attached hydrogen (secondary N) is 1. The molecule has 1 aliphatic heterocycles. The number of benzene rings is 3. The van der Waals surface area contributed by atoms with Crippen molar-refractivity contribution in [2.24, 2.45) is 0 Å². The van der Waals surface area contributed by atoms with Crippen molar-refractivity contribution >= 4 is 51.4 Å². The number of hydrogen-bond acceptors (Lipinski definition) is 7. The largest absolute Gasteiger partial charge is 0.493 e. The molecule has 10 heteroatoms. The number of anilines is 2. The maximum Gasteiger partial charge on any atom is 0.238 e. The Morgan fingerprint density at radius 2 is 1.59 bits per heavy atom. The molecule has 39 heavy (non-hydrogen) atoms. The standard InChI is InChI=1S/C29H29Cl2N5O3/c1-38-26-16-21-22(17-27(26)39-2)29(34-33-25(21)14-19-6-4-3-5-7-19)36-12-10-35(11-13-36)18-28(37)32-24-9-8-20(30)15-23(24)31/h3-9,15-17H,10-14,18H2,1-2H3,(H,32,37). The lowest BCUT2D eigenvalue weighted by Crippen LogP contribution is -2.49. The van der Waals surface area contributed by atoms with E-state index in [2.05, 4.69) is 37.4 Å². The summed E-state index contributed by atoms with van der Waals surface area (Å²) in [7, 11) is 3.26. The molecule has 1 amide bonds. The molecule has 1 saturated heterocycles. The smallest absolute Gasteiger partial charge is 0.238 e. The zero-order valence-electron chi connectivity index (χ0n) is 21.8. The lowest BCUT2D eigenvalue weighted by molar-refractivity contribution is -0.117. The summed E-state index contributed by atoms with van der Waals surface area (Å²) in [4.78, 5) is 17.0. The van der Waals surface area contributed by atoms with Crippen LogP contribution in [0.2, 0.25) is 10.0 Å². The van der Waals surface area contributed by atoms with Gasteiger partial charge in [0.25, 0.3) is 0 Å². The Morgan fingerprint density at radius 1 is 0.897 bits per heavy atom. The fourth-order valence-corrected chi connectivity index (χ4v) is 5.23. The van der Waals surface area contributed by atoms with Crippen molar-refractivity contribution in [3.8, 4) is 11.5 Å². The molecular formula is C29H29Cl2N5O3. The van der Waals surface area contributed by atoms with E-state index >= 15 is 0 Å². The van der Waals surface area contributed by atoms with Crippen LogP contribution in [-0.2, 0) is 11.2 Å². The first kappa shape index (κ1) is 27.0. The maximum atomic E-state index is 12.7. The molecule has 0 unspecified atom stereocenters. The van der Waals surface area contributed by atoms with E-state index in [4.69, 9.17) is 32.7 Å². The highest BCUT2D eigenvalue weighted by Crippen LogP contribution is 2.37. The van der Waals surface area contributed by atoms with E-state index < -0.39 is 0 Å². The number of aromatic nitrogens is 2. The van der Waals surface area contributed by atoms with Gasteiger partial charge in [0.1, 0.15) is 0 Å². The highest BCUT2D eigenvalue weighted by Gasteiger charge is 2.24. The number of amides is 1. The van der Waals surface area contributed by atoms with Crippen LogP contribution in [-0.4, -0.2) is 67.9 Å². The predicted octanol–water partition coefficient (Wildman–Crippen LogP) is 5.31.